The zero-order chi connectivity index (χ0) is 13.7. The molecule has 106 valence electrons. The summed E-state index contributed by atoms with van der Waals surface area (Å²) in [7, 11) is 2.08. The van der Waals surface area contributed by atoms with E-state index in [1.165, 1.54) is 42.6 Å². The van der Waals surface area contributed by atoms with Gasteiger partial charge >= 0.3 is 0 Å². The van der Waals surface area contributed by atoms with Crippen LogP contribution in [0.25, 0.3) is 0 Å². The molecule has 0 radical (unpaired) electrons. The van der Waals surface area contributed by atoms with Crippen LogP contribution in [0, 0.1) is 12.8 Å². The molecule has 2 rings (SSSR count). The predicted octanol–water partition coefficient (Wildman–Crippen LogP) is 4.57. The van der Waals surface area contributed by atoms with Gasteiger partial charge in [-0.3, -0.25) is 0 Å². The third-order valence-corrected chi connectivity index (χ3v) is 5.75. The number of hydrogen-bond donors (Lipinski definition) is 1. The highest BCUT2D eigenvalue weighted by atomic mass is 32.2. The minimum Gasteiger partial charge on any atom is -0.312 e. The van der Waals surface area contributed by atoms with Gasteiger partial charge in [0.25, 0.3) is 0 Å². The number of aryl methyl sites for hydroxylation is 1. The smallest absolute Gasteiger partial charge is 0.0435 e. The van der Waals surface area contributed by atoms with Crippen LogP contribution in [0.15, 0.2) is 24.3 Å². The van der Waals surface area contributed by atoms with Crippen molar-refractivity contribution in [2.45, 2.75) is 50.8 Å². The summed E-state index contributed by atoms with van der Waals surface area (Å²) in [5.74, 6) is 2.31. The van der Waals surface area contributed by atoms with Crippen LogP contribution in [0.1, 0.15) is 49.8 Å². The standard InChI is InChI=1S/C17H27NS/c1-13-8-10-16(11-9-13)17(18-3)14(2)19-12-15-6-4-5-7-15/h8-11,14-15,17-18H,4-7,12H2,1-3H3. The molecule has 0 amide bonds. The van der Waals surface area contributed by atoms with Crippen molar-refractivity contribution in [1.82, 2.24) is 5.32 Å². The maximum Gasteiger partial charge on any atom is 0.0435 e. The summed E-state index contributed by atoms with van der Waals surface area (Å²) in [5.41, 5.74) is 2.75. The van der Waals surface area contributed by atoms with E-state index < -0.39 is 0 Å². The lowest BCUT2D eigenvalue weighted by atomic mass is 10.0. The van der Waals surface area contributed by atoms with Crippen LogP contribution in [-0.2, 0) is 0 Å². The molecule has 1 saturated carbocycles. The van der Waals surface area contributed by atoms with E-state index in [1.807, 2.05) is 0 Å². The summed E-state index contributed by atoms with van der Waals surface area (Å²) in [6, 6.07) is 9.43. The van der Waals surface area contributed by atoms with Gasteiger partial charge in [-0.2, -0.15) is 11.8 Å². The minimum absolute atomic E-state index is 0.465. The second kappa shape index (κ2) is 7.35. The lowest BCUT2D eigenvalue weighted by molar-refractivity contribution is 0.581. The van der Waals surface area contributed by atoms with E-state index in [2.05, 4.69) is 62.2 Å². The van der Waals surface area contributed by atoms with E-state index >= 15 is 0 Å². The molecule has 1 nitrogen and oxygen atoms in total. The highest BCUT2D eigenvalue weighted by molar-refractivity contribution is 7.99. The number of nitrogens with one attached hydrogen (secondary N) is 1. The summed E-state index contributed by atoms with van der Waals surface area (Å²) in [5, 5.41) is 4.12. The number of benzene rings is 1. The quantitative estimate of drug-likeness (QED) is 0.817. The number of thioether (sulfide) groups is 1. The first-order valence-electron chi connectivity index (χ1n) is 7.56. The van der Waals surface area contributed by atoms with Gasteiger partial charge in [-0.25, -0.2) is 0 Å². The summed E-state index contributed by atoms with van der Waals surface area (Å²) in [6.07, 6.45) is 5.81. The Kier molecular flexibility index (Phi) is 5.77. The summed E-state index contributed by atoms with van der Waals surface area (Å²) in [6.45, 7) is 4.51. The van der Waals surface area contributed by atoms with E-state index in [-0.39, 0.29) is 0 Å². The van der Waals surface area contributed by atoms with E-state index in [4.69, 9.17) is 0 Å². The molecule has 0 heterocycles. The van der Waals surface area contributed by atoms with Crippen molar-refractivity contribution in [2.75, 3.05) is 12.8 Å². The molecule has 0 bridgehead atoms. The molecule has 2 heteroatoms. The van der Waals surface area contributed by atoms with Crippen LogP contribution in [0.5, 0.6) is 0 Å². The molecule has 0 aromatic heterocycles. The third kappa shape index (κ3) is 4.25. The number of hydrogen-bond acceptors (Lipinski definition) is 2. The van der Waals surface area contributed by atoms with Crippen LogP contribution in [0.2, 0.25) is 0 Å². The van der Waals surface area contributed by atoms with Crippen molar-refractivity contribution in [3.05, 3.63) is 35.4 Å². The highest BCUT2D eigenvalue weighted by Gasteiger charge is 2.21. The van der Waals surface area contributed by atoms with Gasteiger partial charge in [0.05, 0.1) is 0 Å². The highest BCUT2D eigenvalue weighted by Crippen LogP contribution is 2.33. The summed E-state index contributed by atoms with van der Waals surface area (Å²) >= 11 is 2.14. The van der Waals surface area contributed by atoms with Gasteiger partial charge in [-0.05, 0) is 44.0 Å². The first-order valence-corrected chi connectivity index (χ1v) is 8.61. The lowest BCUT2D eigenvalue weighted by Gasteiger charge is -2.25. The Morgan fingerprint density at radius 3 is 2.42 bits per heavy atom. The monoisotopic (exact) mass is 277 g/mol. The van der Waals surface area contributed by atoms with Crippen LogP contribution in [0.4, 0.5) is 0 Å². The first kappa shape index (κ1) is 14.9. The fourth-order valence-corrected chi connectivity index (χ4v) is 4.40. The van der Waals surface area contributed by atoms with Crippen LogP contribution < -0.4 is 5.32 Å². The van der Waals surface area contributed by atoms with Crippen molar-refractivity contribution in [3.63, 3.8) is 0 Å². The first-order chi connectivity index (χ1) is 9.20. The van der Waals surface area contributed by atoms with Gasteiger partial charge < -0.3 is 5.32 Å². The normalized spacial score (nSPS) is 19.5. The second-order valence-corrected chi connectivity index (χ2v) is 7.28. The molecule has 1 N–H and O–H groups in total. The Morgan fingerprint density at radius 2 is 1.84 bits per heavy atom. The molecule has 0 aliphatic heterocycles. The molecular formula is C17H27NS. The maximum atomic E-state index is 3.49. The largest absolute Gasteiger partial charge is 0.312 e. The van der Waals surface area contributed by atoms with E-state index in [0.29, 0.717) is 11.3 Å². The molecule has 1 aliphatic carbocycles. The predicted molar refractivity (Wildman–Crippen MR) is 86.9 cm³/mol. The Balaban J connectivity index is 1.90. The van der Waals surface area contributed by atoms with Crippen molar-refractivity contribution in [2.24, 2.45) is 5.92 Å². The Labute approximate surface area is 122 Å². The Hall–Kier alpha value is -0.470. The van der Waals surface area contributed by atoms with Crippen LogP contribution in [0.3, 0.4) is 0 Å². The Bertz CT molecular complexity index is 367. The van der Waals surface area contributed by atoms with E-state index in [1.54, 1.807) is 0 Å². The molecule has 1 aliphatic rings. The zero-order valence-corrected chi connectivity index (χ0v) is 13.3. The molecule has 0 saturated heterocycles. The molecule has 19 heavy (non-hydrogen) atoms. The zero-order valence-electron chi connectivity index (χ0n) is 12.5. The average Bonchev–Trinajstić information content (AvgIpc) is 2.92. The summed E-state index contributed by atoms with van der Waals surface area (Å²) < 4.78 is 0. The van der Waals surface area contributed by atoms with Crippen molar-refractivity contribution in [3.8, 4) is 0 Å². The topological polar surface area (TPSA) is 12.0 Å². The molecular weight excluding hydrogens is 250 g/mol. The molecule has 1 aromatic rings. The second-order valence-electron chi connectivity index (χ2n) is 5.87. The Morgan fingerprint density at radius 1 is 1.21 bits per heavy atom. The van der Waals surface area contributed by atoms with Gasteiger partial charge in [-0.15, -0.1) is 0 Å². The molecule has 1 aromatic carbocycles. The van der Waals surface area contributed by atoms with Gasteiger partial charge in [-0.1, -0.05) is 49.6 Å². The van der Waals surface area contributed by atoms with Crippen molar-refractivity contribution < 1.29 is 0 Å². The number of rotatable bonds is 6. The van der Waals surface area contributed by atoms with E-state index in [0.717, 1.165) is 5.92 Å². The van der Waals surface area contributed by atoms with Crippen molar-refractivity contribution in [1.29, 1.82) is 0 Å². The third-order valence-electron chi connectivity index (χ3n) is 4.29. The minimum atomic E-state index is 0.465. The van der Waals surface area contributed by atoms with Crippen molar-refractivity contribution >= 4 is 11.8 Å². The molecule has 1 fully saturated rings. The van der Waals surface area contributed by atoms with Crippen LogP contribution >= 0.6 is 11.8 Å². The molecule has 2 atom stereocenters. The summed E-state index contributed by atoms with van der Waals surface area (Å²) in [4.78, 5) is 0. The lowest BCUT2D eigenvalue weighted by Crippen LogP contribution is -2.26. The molecule has 2 unspecified atom stereocenters. The maximum absolute atomic E-state index is 3.49. The van der Waals surface area contributed by atoms with Gasteiger partial charge in [0, 0.05) is 11.3 Å². The van der Waals surface area contributed by atoms with E-state index in [9.17, 15) is 0 Å². The average molecular weight is 277 g/mol. The SMILES string of the molecule is CNC(c1ccc(C)cc1)C(C)SCC1CCCC1. The van der Waals surface area contributed by atoms with Crippen LogP contribution in [-0.4, -0.2) is 18.1 Å². The van der Waals surface area contributed by atoms with Gasteiger partial charge in [0.1, 0.15) is 0 Å². The fourth-order valence-electron chi connectivity index (χ4n) is 3.01. The van der Waals surface area contributed by atoms with Gasteiger partial charge in [0.15, 0.2) is 0 Å². The fraction of sp³-hybridized carbons (Fsp3) is 0.647. The van der Waals surface area contributed by atoms with Gasteiger partial charge in [0.2, 0.25) is 0 Å². The molecule has 0 spiro atoms.